The third kappa shape index (κ3) is 4.11. The summed E-state index contributed by atoms with van der Waals surface area (Å²) in [6, 6.07) is 0. The van der Waals surface area contributed by atoms with Crippen LogP contribution >= 0.6 is 0 Å². The van der Waals surface area contributed by atoms with Crippen molar-refractivity contribution in [2.45, 2.75) is 53.5 Å². The van der Waals surface area contributed by atoms with Crippen LogP contribution in [0.2, 0.25) is 0 Å². The van der Waals surface area contributed by atoms with Gasteiger partial charge < -0.3 is 10.3 Å². The maximum atomic E-state index is 5.70. The summed E-state index contributed by atoms with van der Waals surface area (Å²) in [5.74, 6) is 1.74. The number of nitrogens with zero attached hydrogens (tertiary/aromatic N) is 3. The van der Waals surface area contributed by atoms with Gasteiger partial charge in [-0.25, -0.2) is 0 Å². The first-order valence-corrected chi connectivity index (χ1v) is 6.55. The zero-order valence-corrected chi connectivity index (χ0v) is 11.6. The van der Waals surface area contributed by atoms with Gasteiger partial charge in [-0.15, -0.1) is 10.2 Å². The van der Waals surface area contributed by atoms with Gasteiger partial charge in [0.25, 0.3) is 0 Å². The fraction of sp³-hybridized carbons (Fsp3) is 0.846. The topological polar surface area (TPSA) is 56.7 Å². The van der Waals surface area contributed by atoms with Gasteiger partial charge in [-0.2, -0.15) is 0 Å². The molecule has 1 rings (SSSR count). The molecule has 0 amide bonds. The maximum Gasteiger partial charge on any atom is 0.132 e. The summed E-state index contributed by atoms with van der Waals surface area (Å²) >= 11 is 0. The van der Waals surface area contributed by atoms with Gasteiger partial charge in [-0.1, -0.05) is 20.8 Å². The minimum Gasteiger partial charge on any atom is -0.330 e. The maximum absolute atomic E-state index is 5.70. The first kappa shape index (κ1) is 14.2. The lowest BCUT2D eigenvalue weighted by Gasteiger charge is -2.30. The molecule has 0 radical (unpaired) electrons. The van der Waals surface area contributed by atoms with E-state index in [0.717, 1.165) is 38.2 Å². The Kier molecular flexibility index (Phi) is 5.12. The van der Waals surface area contributed by atoms with E-state index >= 15 is 0 Å². The monoisotopic (exact) mass is 238 g/mol. The molecule has 1 atom stereocenters. The van der Waals surface area contributed by atoms with E-state index in [2.05, 4.69) is 42.5 Å². The lowest BCUT2D eigenvalue weighted by atomic mass is 9.76. The number of rotatable bonds is 6. The normalized spacial score (nSPS) is 13.9. The molecule has 0 fully saturated rings. The Bertz CT molecular complexity index is 324. The lowest BCUT2D eigenvalue weighted by molar-refractivity contribution is 0.213. The van der Waals surface area contributed by atoms with Crippen LogP contribution in [0.1, 0.15) is 46.4 Å². The van der Waals surface area contributed by atoms with Crippen LogP contribution in [0.4, 0.5) is 0 Å². The van der Waals surface area contributed by atoms with Crippen molar-refractivity contribution in [1.82, 2.24) is 14.8 Å². The Morgan fingerprint density at radius 2 is 2.06 bits per heavy atom. The van der Waals surface area contributed by atoms with E-state index in [1.54, 1.807) is 0 Å². The van der Waals surface area contributed by atoms with Crippen LogP contribution in [0.15, 0.2) is 6.33 Å². The molecule has 17 heavy (non-hydrogen) atoms. The molecule has 0 bridgehead atoms. The van der Waals surface area contributed by atoms with E-state index < -0.39 is 0 Å². The summed E-state index contributed by atoms with van der Waals surface area (Å²) in [4.78, 5) is 0. The van der Waals surface area contributed by atoms with E-state index in [9.17, 15) is 0 Å². The van der Waals surface area contributed by atoms with Gasteiger partial charge in [0.2, 0.25) is 0 Å². The highest BCUT2D eigenvalue weighted by Crippen LogP contribution is 2.31. The molecule has 2 N–H and O–H groups in total. The van der Waals surface area contributed by atoms with Crippen LogP contribution in [0, 0.1) is 11.3 Å². The van der Waals surface area contributed by atoms with Gasteiger partial charge in [-0.05, 0) is 37.6 Å². The molecule has 0 aliphatic carbocycles. The van der Waals surface area contributed by atoms with Crippen molar-refractivity contribution in [3.63, 3.8) is 0 Å². The van der Waals surface area contributed by atoms with Crippen LogP contribution in [0.5, 0.6) is 0 Å². The Morgan fingerprint density at radius 1 is 1.35 bits per heavy atom. The highest BCUT2D eigenvalue weighted by molar-refractivity contribution is 4.88. The Hall–Kier alpha value is -0.900. The molecule has 0 aliphatic rings. The molecule has 1 aromatic rings. The molecule has 1 aromatic heterocycles. The Balaban J connectivity index is 2.58. The first-order valence-electron chi connectivity index (χ1n) is 6.55. The smallest absolute Gasteiger partial charge is 0.132 e. The number of aromatic nitrogens is 3. The SMILES string of the molecule is CCn1cnnc1CCC(CCN)C(C)(C)C. The van der Waals surface area contributed by atoms with Crippen LogP contribution in [0.3, 0.4) is 0 Å². The summed E-state index contributed by atoms with van der Waals surface area (Å²) in [5.41, 5.74) is 6.01. The molecular weight excluding hydrogens is 212 g/mol. The fourth-order valence-corrected chi connectivity index (χ4v) is 2.25. The number of nitrogens with two attached hydrogens (primary N) is 1. The van der Waals surface area contributed by atoms with Gasteiger partial charge in [0.1, 0.15) is 12.2 Å². The molecule has 1 heterocycles. The molecule has 98 valence electrons. The molecule has 0 aliphatic heterocycles. The van der Waals surface area contributed by atoms with Gasteiger partial charge in [0.05, 0.1) is 0 Å². The van der Waals surface area contributed by atoms with E-state index in [-0.39, 0.29) is 0 Å². The summed E-state index contributed by atoms with van der Waals surface area (Å²) in [5, 5.41) is 8.15. The number of hydrogen-bond acceptors (Lipinski definition) is 3. The highest BCUT2D eigenvalue weighted by atomic mass is 15.3. The number of hydrogen-bond donors (Lipinski definition) is 1. The van der Waals surface area contributed by atoms with E-state index in [1.165, 1.54) is 0 Å². The van der Waals surface area contributed by atoms with Crippen molar-refractivity contribution in [2.75, 3.05) is 6.54 Å². The summed E-state index contributed by atoms with van der Waals surface area (Å²) in [6.07, 6.45) is 5.03. The van der Waals surface area contributed by atoms with E-state index in [1.807, 2.05) is 6.33 Å². The summed E-state index contributed by atoms with van der Waals surface area (Å²) in [7, 11) is 0. The zero-order chi connectivity index (χ0) is 12.9. The molecule has 1 unspecified atom stereocenters. The standard InChI is InChI=1S/C13H26N4/c1-5-17-10-15-16-12(17)7-6-11(8-9-14)13(2,3)4/h10-11H,5-9,14H2,1-4H3. The minimum atomic E-state index is 0.316. The average Bonchev–Trinajstić information content (AvgIpc) is 2.69. The van der Waals surface area contributed by atoms with Crippen molar-refractivity contribution in [3.8, 4) is 0 Å². The van der Waals surface area contributed by atoms with Gasteiger partial charge >= 0.3 is 0 Å². The van der Waals surface area contributed by atoms with Crippen molar-refractivity contribution >= 4 is 0 Å². The molecule has 0 spiro atoms. The lowest BCUT2D eigenvalue weighted by Crippen LogP contribution is -2.24. The van der Waals surface area contributed by atoms with Crippen LogP contribution in [-0.4, -0.2) is 21.3 Å². The van der Waals surface area contributed by atoms with Crippen molar-refractivity contribution < 1.29 is 0 Å². The second kappa shape index (κ2) is 6.15. The Morgan fingerprint density at radius 3 is 2.59 bits per heavy atom. The quantitative estimate of drug-likeness (QED) is 0.827. The zero-order valence-electron chi connectivity index (χ0n) is 11.6. The summed E-state index contributed by atoms with van der Waals surface area (Å²) in [6.45, 7) is 10.7. The minimum absolute atomic E-state index is 0.316. The van der Waals surface area contributed by atoms with E-state index in [4.69, 9.17) is 5.73 Å². The molecule has 4 nitrogen and oxygen atoms in total. The van der Waals surface area contributed by atoms with Crippen molar-refractivity contribution in [3.05, 3.63) is 12.2 Å². The third-order valence-electron chi connectivity index (χ3n) is 3.49. The van der Waals surface area contributed by atoms with Crippen molar-refractivity contribution in [1.29, 1.82) is 0 Å². The van der Waals surface area contributed by atoms with Crippen LogP contribution in [0.25, 0.3) is 0 Å². The van der Waals surface area contributed by atoms with Crippen molar-refractivity contribution in [2.24, 2.45) is 17.1 Å². The average molecular weight is 238 g/mol. The largest absolute Gasteiger partial charge is 0.330 e. The number of aryl methyl sites for hydroxylation is 2. The van der Waals surface area contributed by atoms with Crippen LogP contribution in [-0.2, 0) is 13.0 Å². The second-order valence-electron chi connectivity index (χ2n) is 5.71. The molecular formula is C13H26N4. The van der Waals surface area contributed by atoms with Crippen LogP contribution < -0.4 is 5.73 Å². The van der Waals surface area contributed by atoms with Gasteiger partial charge in [0, 0.05) is 13.0 Å². The third-order valence-corrected chi connectivity index (χ3v) is 3.49. The second-order valence-corrected chi connectivity index (χ2v) is 5.71. The van der Waals surface area contributed by atoms with Gasteiger partial charge in [-0.3, -0.25) is 0 Å². The highest BCUT2D eigenvalue weighted by Gasteiger charge is 2.24. The molecule has 4 heteroatoms. The molecule has 0 aromatic carbocycles. The predicted octanol–water partition coefficient (Wildman–Crippen LogP) is 2.24. The molecule has 0 saturated carbocycles. The molecule has 0 saturated heterocycles. The predicted molar refractivity (Wildman–Crippen MR) is 70.6 cm³/mol. The summed E-state index contributed by atoms with van der Waals surface area (Å²) < 4.78 is 2.11. The Labute approximate surface area is 105 Å². The fourth-order valence-electron chi connectivity index (χ4n) is 2.25. The van der Waals surface area contributed by atoms with Gasteiger partial charge in [0.15, 0.2) is 0 Å². The van der Waals surface area contributed by atoms with E-state index in [0.29, 0.717) is 11.3 Å². The first-order chi connectivity index (χ1) is 7.99.